The van der Waals surface area contributed by atoms with Crippen LogP contribution in [0.2, 0.25) is 0 Å². The van der Waals surface area contributed by atoms with Crippen molar-refractivity contribution in [2.24, 2.45) is 5.92 Å². The van der Waals surface area contributed by atoms with E-state index in [1.807, 2.05) is 0 Å². The zero-order valence-corrected chi connectivity index (χ0v) is 12.2. The molecular weight excluding hydrogens is 248 g/mol. The summed E-state index contributed by atoms with van der Waals surface area (Å²) < 4.78 is 26.0. The van der Waals surface area contributed by atoms with Crippen molar-refractivity contribution >= 4 is 10.0 Å². The highest BCUT2D eigenvalue weighted by Crippen LogP contribution is 2.23. The Morgan fingerprint density at radius 1 is 1.17 bits per heavy atom. The Kier molecular flexibility index (Phi) is 5.04. The molecule has 1 heterocycles. The fraction of sp³-hybridized carbons (Fsp3) is 1.00. The quantitative estimate of drug-likeness (QED) is 0.767. The summed E-state index contributed by atoms with van der Waals surface area (Å²) in [5, 5.41) is 3.28. The number of sulfonamides is 1. The highest BCUT2D eigenvalue weighted by atomic mass is 32.2. The summed E-state index contributed by atoms with van der Waals surface area (Å²) >= 11 is 0. The Bertz CT molecular complexity index is 344. The molecular formula is C13H26N2O2S. The van der Waals surface area contributed by atoms with Gasteiger partial charge < -0.3 is 5.32 Å². The zero-order valence-electron chi connectivity index (χ0n) is 11.4. The van der Waals surface area contributed by atoms with E-state index in [0.717, 1.165) is 31.8 Å². The largest absolute Gasteiger partial charge is 0.313 e. The SMILES string of the molecule is CCCC1CCN(S(=O)(=O)CCNC2CC2)CC1. The number of nitrogens with zero attached hydrogens (tertiary/aromatic N) is 1. The molecule has 4 nitrogen and oxygen atoms in total. The van der Waals surface area contributed by atoms with Crippen LogP contribution in [-0.2, 0) is 10.0 Å². The van der Waals surface area contributed by atoms with Crippen LogP contribution in [0.15, 0.2) is 0 Å². The number of rotatable bonds is 7. The predicted octanol–water partition coefficient (Wildman–Crippen LogP) is 1.58. The van der Waals surface area contributed by atoms with Crippen molar-refractivity contribution in [3.8, 4) is 0 Å². The van der Waals surface area contributed by atoms with Crippen LogP contribution < -0.4 is 5.32 Å². The minimum absolute atomic E-state index is 0.266. The second-order valence-electron chi connectivity index (χ2n) is 5.68. The van der Waals surface area contributed by atoms with Crippen molar-refractivity contribution < 1.29 is 8.42 Å². The van der Waals surface area contributed by atoms with Gasteiger partial charge in [-0.2, -0.15) is 0 Å². The summed E-state index contributed by atoms with van der Waals surface area (Å²) in [5.41, 5.74) is 0. The van der Waals surface area contributed by atoms with Crippen molar-refractivity contribution in [3.05, 3.63) is 0 Å². The lowest BCUT2D eigenvalue weighted by Gasteiger charge is -2.31. The fourth-order valence-corrected chi connectivity index (χ4v) is 4.09. The van der Waals surface area contributed by atoms with E-state index in [1.54, 1.807) is 4.31 Å². The van der Waals surface area contributed by atoms with Gasteiger partial charge in [0.15, 0.2) is 0 Å². The number of hydrogen-bond donors (Lipinski definition) is 1. The molecule has 1 aliphatic heterocycles. The molecule has 0 aromatic rings. The van der Waals surface area contributed by atoms with Gasteiger partial charge in [-0.3, -0.25) is 0 Å². The number of hydrogen-bond acceptors (Lipinski definition) is 3. The Hall–Kier alpha value is -0.130. The first-order valence-corrected chi connectivity index (χ1v) is 8.94. The molecule has 0 unspecified atom stereocenters. The summed E-state index contributed by atoms with van der Waals surface area (Å²) in [7, 11) is -3.02. The zero-order chi connectivity index (χ0) is 13.0. The van der Waals surface area contributed by atoms with Crippen LogP contribution in [0.3, 0.4) is 0 Å². The van der Waals surface area contributed by atoms with Crippen LogP contribution in [-0.4, -0.2) is 44.2 Å². The second kappa shape index (κ2) is 6.35. The van der Waals surface area contributed by atoms with Crippen molar-refractivity contribution in [1.29, 1.82) is 0 Å². The highest BCUT2D eigenvalue weighted by molar-refractivity contribution is 7.89. The molecule has 0 atom stereocenters. The standard InChI is InChI=1S/C13H26N2O2S/c1-2-3-12-6-9-15(10-7-12)18(16,17)11-8-14-13-4-5-13/h12-14H,2-11H2,1H3. The Labute approximate surface area is 111 Å². The smallest absolute Gasteiger partial charge is 0.215 e. The molecule has 0 spiro atoms. The minimum atomic E-state index is -3.02. The van der Waals surface area contributed by atoms with E-state index in [0.29, 0.717) is 12.6 Å². The summed E-state index contributed by atoms with van der Waals surface area (Å²) in [6.45, 7) is 4.28. The number of nitrogens with one attached hydrogen (secondary N) is 1. The van der Waals surface area contributed by atoms with Crippen LogP contribution in [0.5, 0.6) is 0 Å². The normalized spacial score (nSPS) is 23.4. The lowest BCUT2D eigenvalue weighted by Crippen LogP contribution is -2.41. The topological polar surface area (TPSA) is 49.4 Å². The molecule has 2 aliphatic rings. The molecule has 0 bridgehead atoms. The van der Waals surface area contributed by atoms with Crippen LogP contribution in [0.1, 0.15) is 45.4 Å². The van der Waals surface area contributed by atoms with Gasteiger partial charge in [0.05, 0.1) is 5.75 Å². The molecule has 0 radical (unpaired) electrons. The lowest BCUT2D eigenvalue weighted by atomic mass is 9.94. The van der Waals surface area contributed by atoms with Crippen LogP contribution in [0.4, 0.5) is 0 Å². The van der Waals surface area contributed by atoms with E-state index in [4.69, 9.17) is 0 Å². The van der Waals surface area contributed by atoms with Crippen molar-refractivity contribution in [2.75, 3.05) is 25.4 Å². The van der Waals surface area contributed by atoms with E-state index >= 15 is 0 Å². The van der Waals surface area contributed by atoms with E-state index in [2.05, 4.69) is 12.2 Å². The summed E-state index contributed by atoms with van der Waals surface area (Å²) in [4.78, 5) is 0. The maximum absolute atomic E-state index is 12.1. The first-order chi connectivity index (χ1) is 8.62. The van der Waals surface area contributed by atoms with Crippen LogP contribution in [0, 0.1) is 5.92 Å². The van der Waals surface area contributed by atoms with Crippen molar-refractivity contribution in [2.45, 2.75) is 51.5 Å². The second-order valence-corrected chi connectivity index (χ2v) is 7.76. The maximum atomic E-state index is 12.1. The lowest BCUT2D eigenvalue weighted by molar-refractivity contribution is 0.262. The van der Waals surface area contributed by atoms with Gasteiger partial charge in [-0.05, 0) is 31.6 Å². The van der Waals surface area contributed by atoms with Gasteiger partial charge in [-0.15, -0.1) is 0 Å². The Morgan fingerprint density at radius 3 is 2.39 bits per heavy atom. The molecule has 1 saturated heterocycles. The summed E-state index contributed by atoms with van der Waals surface area (Å²) in [6.07, 6.45) is 6.97. The molecule has 0 aromatic carbocycles. The van der Waals surface area contributed by atoms with E-state index in [1.165, 1.54) is 25.7 Å². The summed E-state index contributed by atoms with van der Waals surface area (Å²) in [5.74, 6) is 1.01. The minimum Gasteiger partial charge on any atom is -0.313 e. The van der Waals surface area contributed by atoms with Gasteiger partial charge in [0.1, 0.15) is 0 Å². The molecule has 18 heavy (non-hydrogen) atoms. The molecule has 0 amide bonds. The van der Waals surface area contributed by atoms with Gasteiger partial charge in [0.2, 0.25) is 10.0 Å². The van der Waals surface area contributed by atoms with E-state index in [9.17, 15) is 8.42 Å². The van der Waals surface area contributed by atoms with E-state index < -0.39 is 10.0 Å². The molecule has 1 aliphatic carbocycles. The van der Waals surface area contributed by atoms with Crippen LogP contribution in [0.25, 0.3) is 0 Å². The van der Waals surface area contributed by atoms with Crippen LogP contribution >= 0.6 is 0 Å². The average molecular weight is 274 g/mol. The highest BCUT2D eigenvalue weighted by Gasteiger charge is 2.28. The predicted molar refractivity (Wildman–Crippen MR) is 74.0 cm³/mol. The van der Waals surface area contributed by atoms with Gasteiger partial charge in [-0.1, -0.05) is 19.8 Å². The first-order valence-electron chi connectivity index (χ1n) is 7.33. The Balaban J connectivity index is 1.72. The number of piperidine rings is 1. The van der Waals surface area contributed by atoms with Crippen molar-refractivity contribution in [3.63, 3.8) is 0 Å². The van der Waals surface area contributed by atoms with Gasteiger partial charge in [-0.25, -0.2) is 12.7 Å². The molecule has 106 valence electrons. The molecule has 1 N–H and O–H groups in total. The third-order valence-electron chi connectivity index (χ3n) is 4.03. The Morgan fingerprint density at radius 2 is 1.83 bits per heavy atom. The fourth-order valence-electron chi connectivity index (χ4n) is 2.69. The molecule has 2 rings (SSSR count). The molecule has 0 aromatic heterocycles. The third-order valence-corrected chi connectivity index (χ3v) is 5.91. The molecule has 2 fully saturated rings. The average Bonchev–Trinajstić information content (AvgIpc) is 3.14. The third kappa shape index (κ3) is 4.21. The van der Waals surface area contributed by atoms with Crippen molar-refractivity contribution in [1.82, 2.24) is 9.62 Å². The van der Waals surface area contributed by atoms with Gasteiger partial charge in [0.25, 0.3) is 0 Å². The summed E-state index contributed by atoms with van der Waals surface area (Å²) in [6, 6.07) is 0.593. The maximum Gasteiger partial charge on any atom is 0.215 e. The van der Waals surface area contributed by atoms with Gasteiger partial charge >= 0.3 is 0 Å². The van der Waals surface area contributed by atoms with Gasteiger partial charge in [0, 0.05) is 25.7 Å². The molecule has 5 heteroatoms. The monoisotopic (exact) mass is 274 g/mol. The van der Waals surface area contributed by atoms with E-state index in [-0.39, 0.29) is 5.75 Å². The molecule has 1 saturated carbocycles. The first kappa shape index (κ1) is 14.3.